The van der Waals surface area contributed by atoms with E-state index in [0.717, 1.165) is 0 Å². The number of benzene rings is 2. The number of rotatable bonds is 4. The van der Waals surface area contributed by atoms with Crippen LogP contribution in [0.25, 0.3) is 10.9 Å². The van der Waals surface area contributed by atoms with E-state index in [1.165, 1.54) is 14.9 Å². The molecule has 0 spiro atoms. The highest BCUT2D eigenvalue weighted by atomic mass is 35.5. The SMILES string of the molecule is CC(c1nc2ccc(Cl)cc2c(=O)n1C)N1CCN(S(=O)(=O)c2ccccc2Cl)CC1. The Balaban J connectivity index is 1.56. The van der Waals surface area contributed by atoms with Crippen LogP contribution in [0.2, 0.25) is 10.0 Å². The van der Waals surface area contributed by atoms with Gasteiger partial charge in [0, 0.05) is 38.2 Å². The molecule has 0 amide bonds. The lowest BCUT2D eigenvalue weighted by molar-refractivity contribution is 0.139. The Hall–Kier alpha value is -1.97. The van der Waals surface area contributed by atoms with E-state index in [1.807, 2.05) is 6.92 Å². The van der Waals surface area contributed by atoms with E-state index in [2.05, 4.69) is 4.90 Å². The van der Waals surface area contributed by atoms with E-state index in [4.69, 9.17) is 28.2 Å². The van der Waals surface area contributed by atoms with Gasteiger partial charge in [-0.2, -0.15) is 4.31 Å². The number of hydrogen-bond acceptors (Lipinski definition) is 5. The molecule has 1 atom stereocenters. The molecule has 3 aromatic rings. The Morgan fingerprint density at radius 1 is 1.03 bits per heavy atom. The molecule has 0 radical (unpaired) electrons. The maximum Gasteiger partial charge on any atom is 0.261 e. The number of aromatic nitrogens is 2. The molecule has 1 fully saturated rings. The molecular formula is C21H22Cl2N4O3S. The number of nitrogens with zero attached hydrogens (tertiary/aromatic N) is 4. The summed E-state index contributed by atoms with van der Waals surface area (Å²) >= 11 is 12.1. The molecule has 2 heterocycles. The second-order valence-electron chi connectivity index (χ2n) is 7.54. The van der Waals surface area contributed by atoms with Gasteiger partial charge in [-0.3, -0.25) is 14.3 Å². The zero-order valence-corrected chi connectivity index (χ0v) is 19.5. The second-order valence-corrected chi connectivity index (χ2v) is 10.3. The normalized spacial score (nSPS) is 17.2. The number of sulfonamides is 1. The topological polar surface area (TPSA) is 75.5 Å². The van der Waals surface area contributed by atoms with Gasteiger partial charge in [0.2, 0.25) is 10.0 Å². The van der Waals surface area contributed by atoms with E-state index >= 15 is 0 Å². The summed E-state index contributed by atoms with van der Waals surface area (Å²) in [5, 5.41) is 1.18. The molecule has 1 saturated heterocycles. The van der Waals surface area contributed by atoms with Crippen LogP contribution in [0.4, 0.5) is 0 Å². The molecule has 0 N–H and O–H groups in total. The van der Waals surface area contributed by atoms with E-state index in [-0.39, 0.29) is 21.5 Å². The highest BCUT2D eigenvalue weighted by Crippen LogP contribution is 2.27. The number of hydrogen-bond donors (Lipinski definition) is 0. The Morgan fingerprint density at radius 3 is 2.39 bits per heavy atom. The molecule has 7 nitrogen and oxygen atoms in total. The van der Waals surface area contributed by atoms with Gasteiger partial charge in [-0.25, -0.2) is 13.4 Å². The minimum absolute atomic E-state index is 0.121. The van der Waals surface area contributed by atoms with Crippen molar-refractivity contribution in [2.24, 2.45) is 7.05 Å². The first-order chi connectivity index (χ1) is 14.7. The summed E-state index contributed by atoms with van der Waals surface area (Å²) in [6.07, 6.45) is 0. The lowest BCUT2D eigenvalue weighted by atomic mass is 10.2. The first kappa shape index (κ1) is 22.2. The average molecular weight is 481 g/mol. The molecule has 164 valence electrons. The van der Waals surface area contributed by atoms with Gasteiger partial charge in [-0.05, 0) is 37.3 Å². The van der Waals surface area contributed by atoms with Crippen LogP contribution in [0.3, 0.4) is 0 Å². The van der Waals surface area contributed by atoms with Crippen molar-refractivity contribution in [3.05, 3.63) is 68.7 Å². The molecule has 1 aliphatic heterocycles. The van der Waals surface area contributed by atoms with Crippen LogP contribution in [0.1, 0.15) is 18.8 Å². The van der Waals surface area contributed by atoms with Crippen molar-refractivity contribution in [3.63, 3.8) is 0 Å². The van der Waals surface area contributed by atoms with Gasteiger partial charge in [0.1, 0.15) is 10.7 Å². The summed E-state index contributed by atoms with van der Waals surface area (Å²) in [5.74, 6) is 0.627. The quantitative estimate of drug-likeness (QED) is 0.572. The average Bonchev–Trinajstić information content (AvgIpc) is 2.76. The van der Waals surface area contributed by atoms with Crippen molar-refractivity contribution >= 4 is 44.1 Å². The second kappa shape index (κ2) is 8.52. The highest BCUT2D eigenvalue weighted by molar-refractivity contribution is 7.89. The fourth-order valence-electron chi connectivity index (χ4n) is 3.92. The van der Waals surface area contributed by atoms with Crippen molar-refractivity contribution in [1.82, 2.24) is 18.8 Å². The van der Waals surface area contributed by atoms with Crippen molar-refractivity contribution in [3.8, 4) is 0 Å². The fraction of sp³-hybridized carbons (Fsp3) is 0.333. The van der Waals surface area contributed by atoms with Crippen LogP contribution in [-0.2, 0) is 17.1 Å². The van der Waals surface area contributed by atoms with Gasteiger partial charge in [-0.1, -0.05) is 35.3 Å². The maximum atomic E-state index is 13.0. The standard InChI is InChI=1S/C21H22Cl2N4O3S/c1-14(20-24-18-8-7-15(22)13-16(18)21(28)25(20)2)26-9-11-27(12-10-26)31(29,30)19-6-4-3-5-17(19)23/h3-8,13-14H,9-12H2,1-2H3. The Kier molecular flexibility index (Phi) is 6.11. The molecule has 4 rings (SSSR count). The Morgan fingerprint density at radius 2 is 1.71 bits per heavy atom. The van der Waals surface area contributed by atoms with Gasteiger partial charge < -0.3 is 0 Å². The van der Waals surface area contributed by atoms with E-state index in [1.54, 1.807) is 43.4 Å². The fourth-order valence-corrected chi connectivity index (χ4v) is 6.01. The smallest absolute Gasteiger partial charge is 0.261 e. The van der Waals surface area contributed by atoms with E-state index < -0.39 is 10.0 Å². The predicted octanol–water partition coefficient (Wildman–Crippen LogP) is 3.31. The summed E-state index contributed by atoms with van der Waals surface area (Å²) in [6.45, 7) is 3.66. The van der Waals surface area contributed by atoms with Gasteiger partial charge in [0.25, 0.3) is 5.56 Å². The van der Waals surface area contributed by atoms with Gasteiger partial charge in [-0.15, -0.1) is 0 Å². The third-order valence-electron chi connectivity index (χ3n) is 5.72. The van der Waals surface area contributed by atoms with Crippen LogP contribution >= 0.6 is 23.2 Å². The lowest BCUT2D eigenvalue weighted by Crippen LogP contribution is -2.49. The summed E-state index contributed by atoms with van der Waals surface area (Å²) < 4.78 is 29.0. The molecule has 0 saturated carbocycles. The summed E-state index contributed by atoms with van der Waals surface area (Å²) in [6, 6.07) is 11.4. The predicted molar refractivity (Wildman–Crippen MR) is 122 cm³/mol. The lowest BCUT2D eigenvalue weighted by Gasteiger charge is -2.37. The monoisotopic (exact) mass is 480 g/mol. The van der Waals surface area contributed by atoms with Crippen LogP contribution in [0, 0.1) is 0 Å². The van der Waals surface area contributed by atoms with Crippen molar-refractivity contribution in [2.75, 3.05) is 26.2 Å². The van der Waals surface area contributed by atoms with E-state index in [9.17, 15) is 13.2 Å². The minimum Gasteiger partial charge on any atom is -0.298 e. The van der Waals surface area contributed by atoms with Crippen LogP contribution in [0.15, 0.2) is 52.2 Å². The first-order valence-corrected chi connectivity index (χ1v) is 12.0. The summed E-state index contributed by atoms with van der Waals surface area (Å²) in [5.41, 5.74) is 0.434. The third-order valence-corrected chi connectivity index (χ3v) is 8.35. The molecule has 1 aliphatic rings. The summed E-state index contributed by atoms with van der Waals surface area (Å²) in [7, 11) is -1.97. The maximum absolute atomic E-state index is 13.0. The number of fused-ring (bicyclic) bond motifs is 1. The zero-order chi connectivity index (χ0) is 22.3. The number of halogens is 2. The highest BCUT2D eigenvalue weighted by Gasteiger charge is 2.32. The van der Waals surface area contributed by atoms with Gasteiger partial charge in [0.15, 0.2) is 0 Å². The Labute approximate surface area is 190 Å². The molecule has 1 aromatic heterocycles. The molecule has 0 aliphatic carbocycles. The van der Waals surface area contributed by atoms with Crippen LogP contribution in [-0.4, -0.2) is 53.4 Å². The third kappa shape index (κ3) is 4.10. The molecule has 1 unspecified atom stereocenters. The minimum atomic E-state index is -3.66. The van der Waals surface area contributed by atoms with Crippen molar-refractivity contribution < 1.29 is 8.42 Å². The molecule has 10 heteroatoms. The first-order valence-electron chi connectivity index (χ1n) is 9.85. The largest absolute Gasteiger partial charge is 0.298 e. The summed E-state index contributed by atoms with van der Waals surface area (Å²) in [4.78, 5) is 19.7. The zero-order valence-electron chi connectivity index (χ0n) is 17.1. The van der Waals surface area contributed by atoms with Crippen molar-refractivity contribution in [2.45, 2.75) is 17.9 Å². The molecule has 31 heavy (non-hydrogen) atoms. The molecular weight excluding hydrogens is 459 g/mol. The van der Waals surface area contributed by atoms with Crippen LogP contribution in [0.5, 0.6) is 0 Å². The number of piperazine rings is 1. The van der Waals surface area contributed by atoms with Crippen molar-refractivity contribution in [1.29, 1.82) is 0 Å². The molecule has 2 aromatic carbocycles. The van der Waals surface area contributed by atoms with Gasteiger partial charge >= 0.3 is 0 Å². The van der Waals surface area contributed by atoms with E-state index in [0.29, 0.717) is 47.9 Å². The Bertz CT molecular complexity index is 1300. The molecule has 0 bridgehead atoms. The van der Waals surface area contributed by atoms with Gasteiger partial charge in [0.05, 0.1) is 22.0 Å². The van der Waals surface area contributed by atoms with Crippen LogP contribution < -0.4 is 5.56 Å².